The van der Waals surface area contributed by atoms with E-state index < -0.39 is 0 Å². The van der Waals surface area contributed by atoms with E-state index in [-0.39, 0.29) is 0 Å². The summed E-state index contributed by atoms with van der Waals surface area (Å²) in [6, 6.07) is 30.4. The smallest absolute Gasteiger partial charge is 0.0124 e. The molecule has 0 amide bonds. The van der Waals surface area contributed by atoms with E-state index in [1.165, 1.54) is 28.7 Å². The zero-order valence-corrected chi connectivity index (χ0v) is 13.1. The van der Waals surface area contributed by atoms with Crippen LogP contribution in [-0.2, 0) is 6.42 Å². The van der Waals surface area contributed by atoms with Crippen LogP contribution in [0.25, 0.3) is 11.1 Å². The molecule has 1 unspecified atom stereocenters. The quantitative estimate of drug-likeness (QED) is 0.532. The summed E-state index contributed by atoms with van der Waals surface area (Å²) >= 11 is 0. The Balaban J connectivity index is 1.76. The van der Waals surface area contributed by atoms with Crippen molar-refractivity contribution >= 4 is 0 Å². The van der Waals surface area contributed by atoms with Gasteiger partial charge in [0.25, 0.3) is 0 Å². The van der Waals surface area contributed by atoms with Gasteiger partial charge < -0.3 is 0 Å². The molecule has 3 aromatic carbocycles. The highest BCUT2D eigenvalue weighted by atomic mass is 14.1. The summed E-state index contributed by atoms with van der Waals surface area (Å²) in [6.07, 6.45) is 2.28. The minimum absolute atomic E-state index is 0.601. The van der Waals surface area contributed by atoms with Gasteiger partial charge >= 0.3 is 0 Å². The van der Waals surface area contributed by atoms with Crippen LogP contribution in [-0.4, -0.2) is 0 Å². The summed E-state index contributed by atoms with van der Waals surface area (Å²) in [7, 11) is 0. The fourth-order valence-electron chi connectivity index (χ4n) is 2.97. The van der Waals surface area contributed by atoms with Crippen LogP contribution >= 0.6 is 0 Å². The highest BCUT2D eigenvalue weighted by Crippen LogP contribution is 2.26. The van der Waals surface area contributed by atoms with Crippen LogP contribution in [0.1, 0.15) is 30.4 Å². The Labute approximate surface area is 133 Å². The van der Waals surface area contributed by atoms with Crippen LogP contribution in [0.5, 0.6) is 0 Å². The van der Waals surface area contributed by atoms with Crippen molar-refractivity contribution in [2.75, 3.05) is 0 Å². The first-order valence-corrected chi connectivity index (χ1v) is 8.06. The Morgan fingerprint density at radius 2 is 1.18 bits per heavy atom. The molecule has 0 saturated heterocycles. The Morgan fingerprint density at radius 1 is 0.636 bits per heavy atom. The largest absolute Gasteiger partial charge is 0.0648 e. The van der Waals surface area contributed by atoms with Gasteiger partial charge in [0.15, 0.2) is 0 Å². The zero-order chi connectivity index (χ0) is 15.2. The van der Waals surface area contributed by atoms with Crippen LogP contribution in [0.4, 0.5) is 0 Å². The molecule has 0 aliphatic heterocycles. The van der Waals surface area contributed by atoms with Crippen LogP contribution in [0.15, 0.2) is 84.9 Å². The van der Waals surface area contributed by atoms with E-state index in [2.05, 4.69) is 91.9 Å². The molecule has 0 aromatic heterocycles. The highest BCUT2D eigenvalue weighted by molar-refractivity contribution is 5.63. The fraction of sp³-hybridized carbons (Fsp3) is 0.182. The summed E-state index contributed by atoms with van der Waals surface area (Å²) in [6.45, 7) is 2.27. The van der Waals surface area contributed by atoms with Gasteiger partial charge in [0.05, 0.1) is 0 Å². The molecule has 22 heavy (non-hydrogen) atoms. The lowest BCUT2D eigenvalue weighted by Gasteiger charge is -2.15. The Bertz CT molecular complexity index is 681. The van der Waals surface area contributed by atoms with Crippen molar-refractivity contribution in [3.05, 3.63) is 96.1 Å². The summed E-state index contributed by atoms with van der Waals surface area (Å²) < 4.78 is 0. The van der Waals surface area contributed by atoms with Crippen LogP contribution < -0.4 is 0 Å². The molecule has 0 radical (unpaired) electrons. The molecule has 0 bridgehead atoms. The Morgan fingerprint density at radius 3 is 1.77 bits per heavy atom. The van der Waals surface area contributed by atoms with Gasteiger partial charge in [-0.05, 0) is 41.0 Å². The third-order valence-electron chi connectivity index (χ3n) is 4.31. The fourth-order valence-corrected chi connectivity index (χ4v) is 2.97. The molecule has 0 saturated carbocycles. The van der Waals surface area contributed by atoms with Crippen molar-refractivity contribution in [3.63, 3.8) is 0 Å². The predicted molar refractivity (Wildman–Crippen MR) is 95.1 cm³/mol. The lowest BCUT2D eigenvalue weighted by atomic mass is 9.89. The number of hydrogen-bond acceptors (Lipinski definition) is 0. The molecule has 3 rings (SSSR count). The molecule has 1 atom stereocenters. The first kappa shape index (κ1) is 14.6. The molecule has 0 N–H and O–H groups in total. The topological polar surface area (TPSA) is 0 Å². The zero-order valence-electron chi connectivity index (χ0n) is 13.1. The van der Waals surface area contributed by atoms with Gasteiger partial charge in [-0.1, -0.05) is 91.9 Å². The van der Waals surface area contributed by atoms with E-state index in [0.29, 0.717) is 5.92 Å². The number of hydrogen-bond donors (Lipinski definition) is 0. The second kappa shape index (κ2) is 7.09. The van der Waals surface area contributed by atoms with Gasteiger partial charge in [0.1, 0.15) is 0 Å². The molecule has 3 aromatic rings. The number of rotatable bonds is 5. The molecule has 0 heteroatoms. The van der Waals surface area contributed by atoms with Crippen LogP contribution in [0.2, 0.25) is 0 Å². The predicted octanol–water partition coefficient (Wildman–Crippen LogP) is 6.09. The molecule has 110 valence electrons. The van der Waals surface area contributed by atoms with Gasteiger partial charge in [0, 0.05) is 0 Å². The summed E-state index contributed by atoms with van der Waals surface area (Å²) in [5.74, 6) is 0.601. The molecule has 0 spiro atoms. The van der Waals surface area contributed by atoms with Gasteiger partial charge in [-0.25, -0.2) is 0 Å². The molecular formula is C22H22. The maximum atomic E-state index is 2.27. The van der Waals surface area contributed by atoms with E-state index >= 15 is 0 Å². The van der Waals surface area contributed by atoms with Crippen molar-refractivity contribution < 1.29 is 0 Å². The summed E-state index contributed by atoms with van der Waals surface area (Å²) in [5.41, 5.74) is 5.42. The van der Waals surface area contributed by atoms with Crippen molar-refractivity contribution in [1.82, 2.24) is 0 Å². The summed E-state index contributed by atoms with van der Waals surface area (Å²) in [4.78, 5) is 0. The normalized spacial score (nSPS) is 12.0. The van der Waals surface area contributed by atoms with Crippen molar-refractivity contribution in [2.24, 2.45) is 0 Å². The number of benzene rings is 3. The SMILES string of the molecule is CCC(Cc1ccc(-c2ccccc2)cc1)c1ccccc1. The van der Waals surface area contributed by atoms with Gasteiger partial charge in [0.2, 0.25) is 0 Å². The van der Waals surface area contributed by atoms with E-state index in [4.69, 9.17) is 0 Å². The van der Waals surface area contributed by atoms with Crippen molar-refractivity contribution in [2.45, 2.75) is 25.7 Å². The van der Waals surface area contributed by atoms with Crippen LogP contribution in [0, 0.1) is 0 Å². The third-order valence-corrected chi connectivity index (χ3v) is 4.31. The van der Waals surface area contributed by atoms with E-state index in [1.54, 1.807) is 0 Å². The highest BCUT2D eigenvalue weighted by Gasteiger charge is 2.10. The second-order valence-electron chi connectivity index (χ2n) is 5.78. The van der Waals surface area contributed by atoms with Gasteiger partial charge in [-0.15, -0.1) is 0 Å². The Kier molecular flexibility index (Phi) is 4.70. The average Bonchev–Trinajstić information content (AvgIpc) is 2.62. The minimum atomic E-state index is 0.601. The summed E-state index contributed by atoms with van der Waals surface area (Å²) in [5, 5.41) is 0. The van der Waals surface area contributed by atoms with Gasteiger partial charge in [-0.2, -0.15) is 0 Å². The molecule has 0 fully saturated rings. The van der Waals surface area contributed by atoms with E-state index in [9.17, 15) is 0 Å². The minimum Gasteiger partial charge on any atom is -0.0648 e. The monoisotopic (exact) mass is 286 g/mol. The molecule has 0 nitrogen and oxygen atoms in total. The van der Waals surface area contributed by atoms with Crippen molar-refractivity contribution in [1.29, 1.82) is 0 Å². The maximum absolute atomic E-state index is 2.27. The molecular weight excluding hydrogens is 264 g/mol. The van der Waals surface area contributed by atoms with Crippen molar-refractivity contribution in [3.8, 4) is 11.1 Å². The first-order chi connectivity index (χ1) is 10.9. The van der Waals surface area contributed by atoms with Gasteiger partial charge in [-0.3, -0.25) is 0 Å². The van der Waals surface area contributed by atoms with Crippen LogP contribution in [0.3, 0.4) is 0 Å². The maximum Gasteiger partial charge on any atom is -0.0124 e. The Hall–Kier alpha value is -2.34. The lowest BCUT2D eigenvalue weighted by molar-refractivity contribution is 0.660. The standard InChI is InChI=1S/C22H22/c1-2-19(20-9-5-3-6-10-20)17-18-13-15-22(16-14-18)21-11-7-4-8-12-21/h3-16,19H,2,17H2,1H3. The molecule has 0 aliphatic carbocycles. The average molecular weight is 286 g/mol. The molecule has 0 aliphatic rings. The molecule has 0 heterocycles. The first-order valence-electron chi connectivity index (χ1n) is 8.06. The van der Waals surface area contributed by atoms with E-state index in [1.807, 2.05) is 0 Å². The third kappa shape index (κ3) is 3.46. The lowest BCUT2D eigenvalue weighted by Crippen LogP contribution is -2.01. The second-order valence-corrected chi connectivity index (χ2v) is 5.78. The van der Waals surface area contributed by atoms with E-state index in [0.717, 1.165) is 6.42 Å².